The number of hydrogen-bond acceptors (Lipinski definition) is 1. The van der Waals surface area contributed by atoms with Gasteiger partial charge < -0.3 is 4.90 Å². The van der Waals surface area contributed by atoms with Crippen LogP contribution in [0.3, 0.4) is 0 Å². The molecular weight excluding hydrogens is 879 g/mol. The Hall–Kier alpha value is -9.30. The van der Waals surface area contributed by atoms with Crippen molar-refractivity contribution in [1.29, 1.82) is 0 Å². The van der Waals surface area contributed by atoms with E-state index in [-0.39, 0.29) is 5.69 Å². The van der Waals surface area contributed by atoms with Gasteiger partial charge in [0, 0.05) is 17.1 Å². The summed E-state index contributed by atoms with van der Waals surface area (Å²) in [5, 5.41) is 1.81. The number of anilines is 3. The minimum Gasteiger partial charge on any atom is -0.310 e. The van der Waals surface area contributed by atoms with Crippen molar-refractivity contribution in [1.82, 2.24) is 0 Å². The predicted molar refractivity (Wildman–Crippen MR) is 304 cm³/mol. The zero-order valence-corrected chi connectivity index (χ0v) is 38.5. The number of para-hydroxylation sites is 1. The van der Waals surface area contributed by atoms with Crippen LogP contribution in [0.4, 0.5) is 17.1 Å². The van der Waals surface area contributed by atoms with Crippen LogP contribution in [0.2, 0.25) is 0 Å². The van der Waals surface area contributed by atoms with Gasteiger partial charge >= 0.3 is 0 Å². The van der Waals surface area contributed by atoms with Crippen LogP contribution in [-0.4, -0.2) is 0 Å². The molecule has 0 fully saturated rings. The van der Waals surface area contributed by atoms with E-state index in [1.807, 2.05) is 84.9 Å². The topological polar surface area (TPSA) is 3.24 Å². The largest absolute Gasteiger partial charge is 0.310 e. The fourth-order valence-electron chi connectivity index (χ4n) is 11.4. The van der Waals surface area contributed by atoms with Gasteiger partial charge in [0.2, 0.25) is 0 Å². The molecule has 0 saturated heterocycles. The fraction of sp³-hybridized carbons (Fsp3) is 0.0278. The summed E-state index contributed by atoms with van der Waals surface area (Å²) in [7, 11) is 0. The maximum atomic E-state index is 10.8. The third kappa shape index (κ3) is 6.42. The smallest absolute Gasteiger partial charge is 0.0714 e. The highest BCUT2D eigenvalue weighted by molar-refractivity contribution is 6.09. The molecule has 0 radical (unpaired) electrons. The van der Waals surface area contributed by atoms with Crippen LogP contribution in [-0.2, 0) is 10.8 Å². The summed E-state index contributed by atoms with van der Waals surface area (Å²) in [5.41, 5.74) is -1.04. The molecule has 0 aromatic heterocycles. The van der Waals surface area contributed by atoms with Crippen LogP contribution in [0.5, 0.6) is 0 Å². The van der Waals surface area contributed by atoms with Gasteiger partial charge in [-0.2, -0.15) is 0 Å². The van der Waals surface area contributed by atoms with Crippen molar-refractivity contribution in [2.24, 2.45) is 0 Å². The lowest BCUT2D eigenvalue weighted by Crippen LogP contribution is -2.28. The summed E-state index contributed by atoms with van der Waals surface area (Å²) >= 11 is 0. The van der Waals surface area contributed by atoms with E-state index in [1.165, 1.54) is 12.1 Å². The van der Waals surface area contributed by atoms with Crippen molar-refractivity contribution in [2.75, 3.05) is 4.90 Å². The Labute approximate surface area is 458 Å². The Morgan fingerprint density at radius 2 is 0.849 bits per heavy atom. The number of hydrogen-bond donors (Lipinski definition) is 0. The zero-order chi connectivity index (χ0) is 67.5. The molecule has 14 rings (SSSR count). The molecule has 0 N–H and O–H groups in total. The van der Waals surface area contributed by atoms with Crippen molar-refractivity contribution in [3.63, 3.8) is 0 Å². The van der Waals surface area contributed by atoms with Gasteiger partial charge in [0.15, 0.2) is 0 Å². The molecule has 0 heterocycles. The van der Waals surface area contributed by atoms with E-state index in [0.29, 0.717) is 5.56 Å². The molecule has 0 unspecified atom stereocenters. The third-order valence-electron chi connectivity index (χ3n) is 14.3. The van der Waals surface area contributed by atoms with Crippen LogP contribution in [0.15, 0.2) is 297 Å². The Bertz CT molecular complexity index is 5150. The van der Waals surface area contributed by atoms with Gasteiger partial charge in [0.05, 0.1) is 41.0 Å². The molecule has 1 nitrogen and oxygen atoms in total. The molecule has 1 heteroatoms. The molecule has 12 aromatic carbocycles. The fourth-order valence-corrected chi connectivity index (χ4v) is 11.4. The second-order valence-electron chi connectivity index (χ2n) is 17.8. The molecule has 0 saturated carbocycles. The predicted octanol–water partition coefficient (Wildman–Crippen LogP) is 18.4. The number of rotatable bonds is 9. The summed E-state index contributed by atoms with van der Waals surface area (Å²) in [4.78, 5) is 0.967. The highest BCUT2D eigenvalue weighted by Crippen LogP contribution is 2.60. The first-order chi connectivity index (χ1) is 45.4. The van der Waals surface area contributed by atoms with Crippen molar-refractivity contribution in [3.05, 3.63) is 341 Å². The highest BCUT2D eigenvalue weighted by Gasteiger charge is 2.48. The van der Waals surface area contributed by atoms with Gasteiger partial charge in [-0.1, -0.05) is 260 Å². The second-order valence-corrected chi connectivity index (χ2v) is 17.8. The molecule has 0 bridgehead atoms. The average molecular weight is 950 g/mol. The maximum Gasteiger partial charge on any atom is 0.0714 e. The first kappa shape index (κ1) is 25.7. The lowest BCUT2D eigenvalue weighted by atomic mass is 9.67. The summed E-state index contributed by atoms with van der Waals surface area (Å²) in [6.45, 7) is 0. The van der Waals surface area contributed by atoms with E-state index in [9.17, 15) is 15.1 Å². The van der Waals surface area contributed by atoms with Crippen LogP contribution < -0.4 is 4.90 Å². The van der Waals surface area contributed by atoms with Crippen molar-refractivity contribution in [3.8, 4) is 44.5 Å². The van der Waals surface area contributed by atoms with Gasteiger partial charge in [0.1, 0.15) is 0 Å². The van der Waals surface area contributed by atoms with E-state index in [1.54, 1.807) is 12.1 Å². The summed E-state index contributed by atoms with van der Waals surface area (Å²) in [6.07, 6.45) is 0. The van der Waals surface area contributed by atoms with E-state index >= 15 is 0 Å². The molecular formula is C72H49N. The Morgan fingerprint density at radius 1 is 0.288 bits per heavy atom. The molecule has 0 amide bonds. The summed E-state index contributed by atoms with van der Waals surface area (Å²) in [5.74, 6) is 0. The van der Waals surface area contributed by atoms with Gasteiger partial charge in [-0.25, -0.2) is 0 Å². The first-order valence-electron chi connectivity index (χ1n) is 34.6. The minimum atomic E-state index is -3.18. The lowest BCUT2D eigenvalue weighted by molar-refractivity contribution is 0.768. The van der Waals surface area contributed by atoms with E-state index < -0.39 is 189 Å². The summed E-state index contributed by atoms with van der Waals surface area (Å²) in [6, 6.07) is 32.2. The minimum absolute atomic E-state index is 0.100. The summed E-state index contributed by atoms with van der Waals surface area (Å²) < 4.78 is 206. The number of benzene rings is 12. The number of fused-ring (bicyclic) bond motifs is 7. The third-order valence-corrected chi connectivity index (χ3v) is 14.3. The van der Waals surface area contributed by atoms with Crippen molar-refractivity contribution in [2.45, 2.75) is 10.8 Å². The Morgan fingerprint density at radius 3 is 1.56 bits per heavy atom. The lowest BCUT2D eigenvalue weighted by Gasteiger charge is -2.35. The molecule has 73 heavy (non-hydrogen) atoms. The second kappa shape index (κ2) is 17.2. The van der Waals surface area contributed by atoms with Crippen LogP contribution in [0.25, 0.3) is 55.3 Å². The van der Waals surface area contributed by atoms with E-state index in [0.717, 1.165) is 65.7 Å². The molecule has 342 valence electrons. The van der Waals surface area contributed by atoms with Crippen LogP contribution >= 0.6 is 0 Å². The van der Waals surface area contributed by atoms with E-state index in [4.69, 9.17) is 15.1 Å². The zero-order valence-electron chi connectivity index (χ0n) is 60.5. The van der Waals surface area contributed by atoms with Crippen LogP contribution in [0, 0.1) is 0 Å². The SMILES string of the molecule is [2H]c1c([2H])c([2H])c(N(c2ccc(-c3ccc4ccccc4c3-c3cccc4c3-c3ccccc3C4(c3ccccc3)c3ccccc3)cc2)c2c([2H])c([2H])c3c(c2[2H])C(c2c([2H])c([2H])c([2H])c([2H])c2[2H])(c2c([2H])c([2H])c([2H])c([2H])c2[2H])c2c([2H])c([2H])c([2H])c([2H])c2-3)c([2H])c1[2H]. The number of nitrogens with zero attached hydrogens (tertiary/aromatic N) is 1. The quantitative estimate of drug-likeness (QED) is 0.139. The van der Waals surface area contributed by atoms with Gasteiger partial charge in [-0.15, -0.1) is 0 Å². The van der Waals surface area contributed by atoms with Gasteiger partial charge in [0.25, 0.3) is 0 Å². The van der Waals surface area contributed by atoms with Crippen LogP contribution in [0.1, 0.15) is 74.7 Å². The molecule has 0 aliphatic heterocycles. The molecule has 12 aromatic rings. The normalized spacial score (nSPS) is 17.6. The standard InChI is InChI=1S/C72H49N/c1-6-24-52(25-7-1)71(53-26-8-2-9-27-53)66-39-21-19-36-63(66)70-64(37-22-40-67(70)71)69-59-34-17-16-23-50(59)43-47-60(69)51-41-44-57(45-42-51)73(56-32-14-5-15-33-56)58-46-48-62-61-35-18-20-38-65(61)72(68(62)49-58,54-28-10-3-11-29-54)55-30-12-4-13-31-55/h1-49H/i3D,4D,5D,10D,11D,12D,13D,14D,15D,18D,20D,28D,29D,30D,31D,32D,33D,35D,38D,46D,48D,49D. The molecule has 0 atom stereocenters. The van der Waals surface area contributed by atoms with Gasteiger partial charge in [-0.05, 0) is 136 Å². The molecule has 2 aliphatic carbocycles. The monoisotopic (exact) mass is 950 g/mol. The molecule has 2 aliphatic rings. The van der Waals surface area contributed by atoms with Gasteiger partial charge in [-0.3, -0.25) is 0 Å². The maximum absolute atomic E-state index is 10.8. The van der Waals surface area contributed by atoms with Crippen molar-refractivity contribution >= 4 is 27.8 Å². The molecule has 0 spiro atoms. The highest BCUT2D eigenvalue weighted by atomic mass is 15.1. The Balaban J connectivity index is 1.08. The first-order valence-corrected chi connectivity index (χ1v) is 23.6. The Kier molecular flexibility index (Phi) is 6.07. The van der Waals surface area contributed by atoms with E-state index in [2.05, 4.69) is 54.6 Å². The average Bonchev–Trinajstić information content (AvgIpc) is 1.53. The van der Waals surface area contributed by atoms with Crippen molar-refractivity contribution < 1.29 is 30.2 Å².